The summed E-state index contributed by atoms with van der Waals surface area (Å²) in [5, 5.41) is 0. The average Bonchev–Trinajstić information content (AvgIpc) is 2.23. The van der Waals surface area contributed by atoms with E-state index in [1.54, 1.807) is 12.1 Å². The molecule has 0 saturated heterocycles. The molecule has 0 aliphatic heterocycles. The van der Waals surface area contributed by atoms with Gasteiger partial charge in [0.05, 0.1) is 0 Å². The maximum Gasteiger partial charge on any atom is 0.123 e. The first-order valence-electron chi connectivity index (χ1n) is 5.23. The molecule has 0 aromatic heterocycles. The first-order chi connectivity index (χ1) is 6.77. The van der Waals surface area contributed by atoms with Crippen molar-refractivity contribution in [3.8, 4) is 0 Å². The Kier molecular flexibility index (Phi) is 7.03. The van der Waals surface area contributed by atoms with Gasteiger partial charge in [-0.3, -0.25) is 0 Å². The molecule has 2 heteroatoms. The normalized spacial score (nSPS) is 11.5. The van der Waals surface area contributed by atoms with Gasteiger partial charge in [-0.25, -0.2) is 4.39 Å². The summed E-state index contributed by atoms with van der Waals surface area (Å²) in [6.45, 7) is 6.64. The molecule has 0 amide bonds. The Morgan fingerprint density at radius 1 is 1.36 bits per heavy atom. The van der Waals surface area contributed by atoms with E-state index in [1.165, 1.54) is 6.07 Å². The Balaban J connectivity index is 0.000000791. The fraction of sp³-hybridized carbons (Fsp3) is 0.500. The molecule has 0 fully saturated rings. The molecule has 80 valence electrons. The zero-order valence-corrected chi connectivity index (χ0v) is 9.26. The van der Waals surface area contributed by atoms with Crippen LogP contribution in [-0.4, -0.2) is 6.54 Å². The summed E-state index contributed by atoms with van der Waals surface area (Å²) in [5.74, 6) is 0.111. The van der Waals surface area contributed by atoms with E-state index in [0.29, 0.717) is 12.5 Å². The Morgan fingerprint density at radius 3 is 2.43 bits per heavy atom. The van der Waals surface area contributed by atoms with Crippen LogP contribution in [0.5, 0.6) is 0 Å². The predicted molar refractivity (Wildman–Crippen MR) is 59.8 cm³/mol. The maximum atomic E-state index is 12.8. The summed E-state index contributed by atoms with van der Waals surface area (Å²) >= 11 is 0. The minimum Gasteiger partial charge on any atom is -0.330 e. The van der Waals surface area contributed by atoms with Crippen LogP contribution in [0.4, 0.5) is 4.39 Å². The molecule has 0 aliphatic rings. The number of halogens is 1. The lowest BCUT2D eigenvalue weighted by Gasteiger charge is -2.11. The van der Waals surface area contributed by atoms with Gasteiger partial charge in [-0.2, -0.15) is 0 Å². The number of benzene rings is 1. The molecule has 0 bridgehead atoms. The molecule has 0 heterocycles. The second-order valence-electron chi connectivity index (χ2n) is 2.90. The topological polar surface area (TPSA) is 26.0 Å². The zero-order valence-electron chi connectivity index (χ0n) is 9.26. The molecule has 1 unspecified atom stereocenters. The van der Waals surface area contributed by atoms with Crippen molar-refractivity contribution in [2.24, 2.45) is 5.73 Å². The predicted octanol–water partition coefficient (Wildman–Crippen LogP) is 3.30. The second-order valence-corrected chi connectivity index (χ2v) is 2.90. The molecule has 1 nitrogen and oxygen atoms in total. The summed E-state index contributed by atoms with van der Waals surface area (Å²) in [5.41, 5.74) is 6.54. The number of rotatable bonds is 3. The van der Waals surface area contributed by atoms with Gasteiger partial charge >= 0.3 is 0 Å². The smallest absolute Gasteiger partial charge is 0.123 e. The highest BCUT2D eigenvalue weighted by atomic mass is 19.1. The van der Waals surface area contributed by atoms with Crippen molar-refractivity contribution in [1.82, 2.24) is 0 Å². The molecule has 1 aromatic carbocycles. The molecule has 0 spiro atoms. The van der Waals surface area contributed by atoms with Crippen LogP contribution in [0.15, 0.2) is 24.3 Å². The first kappa shape index (κ1) is 13.1. The fourth-order valence-corrected chi connectivity index (χ4v) is 1.30. The molecular formula is C12H20FN. The molecule has 1 aromatic rings. The van der Waals surface area contributed by atoms with Gasteiger partial charge in [0.2, 0.25) is 0 Å². The van der Waals surface area contributed by atoms with Crippen LogP contribution in [0.3, 0.4) is 0 Å². The highest BCUT2D eigenvalue weighted by Gasteiger charge is 2.06. The summed E-state index contributed by atoms with van der Waals surface area (Å²) in [4.78, 5) is 0. The van der Waals surface area contributed by atoms with E-state index in [4.69, 9.17) is 5.73 Å². The van der Waals surface area contributed by atoms with Gasteiger partial charge in [0.1, 0.15) is 5.82 Å². The first-order valence-corrected chi connectivity index (χ1v) is 5.23. The highest BCUT2D eigenvalue weighted by molar-refractivity contribution is 5.20. The van der Waals surface area contributed by atoms with Crippen LogP contribution in [0, 0.1) is 5.82 Å². The lowest BCUT2D eigenvalue weighted by molar-refractivity contribution is 0.614. The molecular weight excluding hydrogens is 177 g/mol. The molecule has 14 heavy (non-hydrogen) atoms. The zero-order chi connectivity index (χ0) is 11.0. The Morgan fingerprint density at radius 2 is 2.00 bits per heavy atom. The standard InChI is InChI=1S/C10H14FN.C2H6/c1-2-8(7-12)9-4-3-5-10(11)6-9;1-2/h3-6,8H,2,7,12H2,1H3;1-2H3. The van der Waals surface area contributed by atoms with E-state index in [0.717, 1.165) is 12.0 Å². The minimum absolute atomic E-state index is 0.181. The SMILES string of the molecule is CC.CCC(CN)c1cccc(F)c1. The third kappa shape index (κ3) is 3.88. The van der Waals surface area contributed by atoms with Crippen LogP contribution >= 0.6 is 0 Å². The van der Waals surface area contributed by atoms with Crippen molar-refractivity contribution in [3.63, 3.8) is 0 Å². The molecule has 1 atom stereocenters. The molecule has 0 saturated carbocycles. The Labute approximate surface area is 86.1 Å². The largest absolute Gasteiger partial charge is 0.330 e. The van der Waals surface area contributed by atoms with Gasteiger partial charge < -0.3 is 5.73 Å². The third-order valence-corrected chi connectivity index (χ3v) is 2.10. The Hall–Kier alpha value is -0.890. The van der Waals surface area contributed by atoms with Crippen LogP contribution < -0.4 is 5.73 Å². The third-order valence-electron chi connectivity index (χ3n) is 2.10. The van der Waals surface area contributed by atoms with E-state index in [2.05, 4.69) is 6.92 Å². The average molecular weight is 197 g/mol. The van der Waals surface area contributed by atoms with E-state index in [-0.39, 0.29) is 5.82 Å². The van der Waals surface area contributed by atoms with Crippen LogP contribution in [-0.2, 0) is 0 Å². The summed E-state index contributed by atoms with van der Waals surface area (Å²) in [6.07, 6.45) is 0.958. The summed E-state index contributed by atoms with van der Waals surface area (Å²) in [7, 11) is 0. The molecule has 0 aliphatic carbocycles. The van der Waals surface area contributed by atoms with E-state index in [9.17, 15) is 4.39 Å². The number of hydrogen-bond donors (Lipinski definition) is 1. The van der Waals surface area contributed by atoms with Crippen molar-refractivity contribution in [1.29, 1.82) is 0 Å². The summed E-state index contributed by atoms with van der Waals surface area (Å²) in [6, 6.07) is 6.65. The van der Waals surface area contributed by atoms with Gasteiger partial charge in [-0.15, -0.1) is 0 Å². The van der Waals surface area contributed by atoms with Gasteiger partial charge in [0, 0.05) is 0 Å². The molecule has 0 radical (unpaired) electrons. The van der Waals surface area contributed by atoms with Crippen LogP contribution in [0.25, 0.3) is 0 Å². The highest BCUT2D eigenvalue weighted by Crippen LogP contribution is 2.18. The van der Waals surface area contributed by atoms with Crippen molar-refractivity contribution in [2.45, 2.75) is 33.1 Å². The van der Waals surface area contributed by atoms with Crippen molar-refractivity contribution in [3.05, 3.63) is 35.6 Å². The van der Waals surface area contributed by atoms with E-state index in [1.807, 2.05) is 19.9 Å². The Bertz CT molecular complexity index is 244. The quantitative estimate of drug-likeness (QED) is 0.790. The van der Waals surface area contributed by atoms with E-state index < -0.39 is 0 Å². The summed E-state index contributed by atoms with van der Waals surface area (Å²) < 4.78 is 12.8. The molecule has 2 N–H and O–H groups in total. The number of nitrogens with two attached hydrogens (primary N) is 1. The van der Waals surface area contributed by atoms with Gasteiger partial charge in [-0.05, 0) is 36.6 Å². The minimum atomic E-state index is -0.181. The lowest BCUT2D eigenvalue weighted by atomic mass is 9.97. The van der Waals surface area contributed by atoms with Crippen LogP contribution in [0.1, 0.15) is 38.7 Å². The van der Waals surface area contributed by atoms with Crippen molar-refractivity contribution < 1.29 is 4.39 Å². The van der Waals surface area contributed by atoms with Gasteiger partial charge in [0.25, 0.3) is 0 Å². The monoisotopic (exact) mass is 197 g/mol. The van der Waals surface area contributed by atoms with Crippen molar-refractivity contribution >= 4 is 0 Å². The van der Waals surface area contributed by atoms with Gasteiger partial charge in [-0.1, -0.05) is 32.9 Å². The number of hydrogen-bond acceptors (Lipinski definition) is 1. The van der Waals surface area contributed by atoms with Gasteiger partial charge in [0.15, 0.2) is 0 Å². The van der Waals surface area contributed by atoms with Crippen molar-refractivity contribution in [2.75, 3.05) is 6.54 Å². The lowest BCUT2D eigenvalue weighted by Crippen LogP contribution is -2.11. The maximum absolute atomic E-state index is 12.8. The second kappa shape index (κ2) is 7.51. The fourth-order valence-electron chi connectivity index (χ4n) is 1.30. The van der Waals surface area contributed by atoms with Crippen LogP contribution in [0.2, 0.25) is 0 Å². The van der Waals surface area contributed by atoms with E-state index >= 15 is 0 Å². The molecule has 1 rings (SSSR count).